The van der Waals surface area contributed by atoms with E-state index in [0.717, 1.165) is 11.3 Å². The van der Waals surface area contributed by atoms with Gasteiger partial charge in [-0.25, -0.2) is 4.98 Å². The zero-order chi connectivity index (χ0) is 19.5. The Morgan fingerprint density at radius 3 is 2.96 bits per heavy atom. The maximum atomic E-state index is 13.1. The van der Waals surface area contributed by atoms with Gasteiger partial charge < -0.3 is 9.73 Å². The van der Waals surface area contributed by atoms with E-state index in [2.05, 4.69) is 10.3 Å². The Kier molecular flexibility index (Phi) is 5.31. The molecule has 0 saturated heterocycles. The maximum Gasteiger partial charge on any atom is 0.276 e. The molecule has 0 bridgehead atoms. The van der Waals surface area contributed by atoms with Crippen LogP contribution in [0.5, 0.6) is 0 Å². The molecule has 4 aromatic rings. The normalized spacial score (nSPS) is 11.0. The summed E-state index contributed by atoms with van der Waals surface area (Å²) in [6.07, 6.45) is 1.57. The predicted octanol–water partition coefficient (Wildman–Crippen LogP) is 3.76. The van der Waals surface area contributed by atoms with E-state index < -0.39 is 0 Å². The Morgan fingerprint density at radius 2 is 2.18 bits per heavy atom. The van der Waals surface area contributed by atoms with Crippen LogP contribution >= 0.6 is 23.1 Å². The van der Waals surface area contributed by atoms with Gasteiger partial charge in [0, 0.05) is 0 Å². The van der Waals surface area contributed by atoms with Crippen molar-refractivity contribution in [1.29, 1.82) is 0 Å². The van der Waals surface area contributed by atoms with Crippen molar-refractivity contribution in [2.24, 2.45) is 0 Å². The van der Waals surface area contributed by atoms with Gasteiger partial charge in [-0.05, 0) is 48.2 Å². The highest BCUT2D eigenvalue weighted by molar-refractivity contribution is 7.99. The molecule has 0 radical (unpaired) electrons. The first-order chi connectivity index (χ1) is 13.6. The molecule has 0 atom stereocenters. The maximum absolute atomic E-state index is 13.1. The van der Waals surface area contributed by atoms with Crippen LogP contribution in [0.25, 0.3) is 15.9 Å². The molecule has 0 unspecified atom stereocenters. The molecule has 8 heteroatoms. The minimum absolute atomic E-state index is 0.121. The fraction of sp³-hybridized carbons (Fsp3) is 0.150. The smallest absolute Gasteiger partial charge is 0.276 e. The first-order valence-electron chi connectivity index (χ1n) is 8.61. The first kappa shape index (κ1) is 18.5. The van der Waals surface area contributed by atoms with Crippen LogP contribution in [-0.4, -0.2) is 21.2 Å². The van der Waals surface area contributed by atoms with E-state index in [0.29, 0.717) is 27.7 Å². The van der Waals surface area contributed by atoms with E-state index in [1.54, 1.807) is 23.0 Å². The molecule has 0 aliphatic carbocycles. The number of fused-ring (bicyclic) bond motifs is 1. The van der Waals surface area contributed by atoms with Gasteiger partial charge in [-0.2, -0.15) is 0 Å². The van der Waals surface area contributed by atoms with Gasteiger partial charge in [0.1, 0.15) is 10.5 Å². The minimum Gasteiger partial charge on any atom is -0.467 e. The Bertz CT molecular complexity index is 1180. The summed E-state index contributed by atoms with van der Waals surface area (Å²) in [7, 11) is 0. The summed E-state index contributed by atoms with van der Waals surface area (Å²) in [5, 5.41) is 5.15. The molecule has 1 aromatic carbocycles. The number of hydrogen-bond acceptors (Lipinski definition) is 6. The lowest BCUT2D eigenvalue weighted by Crippen LogP contribution is -2.26. The van der Waals surface area contributed by atoms with Gasteiger partial charge in [0.15, 0.2) is 5.16 Å². The molecule has 1 N–H and O–H groups in total. The van der Waals surface area contributed by atoms with Gasteiger partial charge in [-0.3, -0.25) is 14.2 Å². The molecular formula is C20H17N3O3S2. The van der Waals surface area contributed by atoms with E-state index in [4.69, 9.17) is 4.42 Å². The van der Waals surface area contributed by atoms with E-state index >= 15 is 0 Å². The highest BCUT2D eigenvalue weighted by Gasteiger charge is 2.16. The zero-order valence-electron chi connectivity index (χ0n) is 15.0. The summed E-state index contributed by atoms with van der Waals surface area (Å²) in [6, 6.07) is 13.1. The summed E-state index contributed by atoms with van der Waals surface area (Å²) < 4.78 is 7.40. The summed E-state index contributed by atoms with van der Waals surface area (Å²) in [4.78, 5) is 29.9. The number of furan rings is 1. The Hall–Kier alpha value is -2.84. The fourth-order valence-electron chi connectivity index (χ4n) is 2.76. The zero-order valence-corrected chi connectivity index (χ0v) is 16.7. The quantitative estimate of drug-likeness (QED) is 0.386. The van der Waals surface area contributed by atoms with Crippen molar-refractivity contribution in [3.05, 3.63) is 75.8 Å². The number of aryl methyl sites for hydroxylation is 1. The third-order valence-corrected chi connectivity index (χ3v) is 5.91. The van der Waals surface area contributed by atoms with Crippen LogP contribution in [0, 0.1) is 6.92 Å². The molecule has 0 saturated carbocycles. The minimum atomic E-state index is -0.156. The second-order valence-corrected chi connectivity index (χ2v) is 8.01. The van der Waals surface area contributed by atoms with Crippen molar-refractivity contribution < 1.29 is 9.21 Å². The van der Waals surface area contributed by atoms with Gasteiger partial charge in [0.05, 0.1) is 29.8 Å². The monoisotopic (exact) mass is 411 g/mol. The molecule has 3 heterocycles. The third-order valence-electron chi connectivity index (χ3n) is 4.08. The molecule has 6 nitrogen and oxygen atoms in total. The van der Waals surface area contributed by atoms with Gasteiger partial charge >= 0.3 is 0 Å². The second kappa shape index (κ2) is 8.04. The van der Waals surface area contributed by atoms with Crippen LogP contribution < -0.4 is 10.9 Å². The topological polar surface area (TPSA) is 77.1 Å². The number of carbonyl (C=O) groups is 1. The Morgan fingerprint density at radius 1 is 1.29 bits per heavy atom. The molecule has 1 amide bonds. The number of aromatic nitrogens is 2. The van der Waals surface area contributed by atoms with Crippen molar-refractivity contribution in [3.63, 3.8) is 0 Å². The summed E-state index contributed by atoms with van der Waals surface area (Å²) >= 11 is 2.61. The summed E-state index contributed by atoms with van der Waals surface area (Å²) in [5.41, 5.74) is 2.32. The lowest BCUT2D eigenvalue weighted by atomic mass is 10.2. The number of thioether (sulfide) groups is 1. The van der Waals surface area contributed by atoms with E-state index in [-0.39, 0.29) is 17.2 Å². The van der Waals surface area contributed by atoms with Crippen molar-refractivity contribution in [2.45, 2.75) is 18.6 Å². The number of nitrogens with zero attached hydrogens (tertiary/aromatic N) is 2. The number of thiophene rings is 1. The van der Waals surface area contributed by atoms with Gasteiger partial charge in [-0.1, -0.05) is 23.9 Å². The van der Waals surface area contributed by atoms with E-state index in [9.17, 15) is 9.59 Å². The average molecular weight is 412 g/mol. The highest BCUT2D eigenvalue weighted by atomic mass is 32.2. The van der Waals surface area contributed by atoms with Gasteiger partial charge in [-0.15, -0.1) is 11.3 Å². The number of hydrogen-bond donors (Lipinski definition) is 1. The lowest BCUT2D eigenvalue weighted by Gasteiger charge is -2.12. The Balaban J connectivity index is 1.61. The number of amides is 1. The van der Waals surface area contributed by atoms with Gasteiger partial charge in [0.2, 0.25) is 5.91 Å². The van der Waals surface area contributed by atoms with Crippen molar-refractivity contribution in [3.8, 4) is 5.69 Å². The van der Waals surface area contributed by atoms with Crippen LogP contribution in [0.3, 0.4) is 0 Å². The molecule has 0 aliphatic rings. The van der Waals surface area contributed by atoms with Crippen molar-refractivity contribution in [2.75, 3.05) is 5.75 Å². The van der Waals surface area contributed by atoms with Crippen LogP contribution in [-0.2, 0) is 11.3 Å². The van der Waals surface area contributed by atoms with Crippen LogP contribution in [0.15, 0.2) is 68.5 Å². The Labute approximate surface area is 169 Å². The molecule has 0 aliphatic heterocycles. The van der Waals surface area contributed by atoms with Crippen molar-refractivity contribution in [1.82, 2.24) is 14.9 Å². The molecular weight excluding hydrogens is 394 g/mol. The molecule has 0 spiro atoms. The van der Waals surface area contributed by atoms with Crippen LogP contribution in [0.1, 0.15) is 11.3 Å². The van der Waals surface area contributed by atoms with E-state index in [1.165, 1.54) is 23.1 Å². The molecule has 0 fully saturated rings. The number of carbonyl (C=O) groups excluding carboxylic acids is 1. The molecule has 142 valence electrons. The average Bonchev–Trinajstić information content (AvgIpc) is 3.36. The van der Waals surface area contributed by atoms with Crippen LogP contribution in [0.2, 0.25) is 0 Å². The van der Waals surface area contributed by atoms with E-state index in [1.807, 2.05) is 42.6 Å². The second-order valence-electron chi connectivity index (χ2n) is 6.15. The highest BCUT2D eigenvalue weighted by Crippen LogP contribution is 2.24. The number of benzene rings is 1. The van der Waals surface area contributed by atoms with Crippen molar-refractivity contribution >= 4 is 39.2 Å². The summed E-state index contributed by atoms with van der Waals surface area (Å²) in [5.74, 6) is 0.680. The SMILES string of the molecule is Cc1cccc(-n2c(SCC(=O)NCc3ccco3)nc3ccsc3c2=O)c1. The lowest BCUT2D eigenvalue weighted by molar-refractivity contribution is -0.118. The number of rotatable bonds is 6. The predicted molar refractivity (Wildman–Crippen MR) is 111 cm³/mol. The number of nitrogens with one attached hydrogen (secondary N) is 1. The van der Waals surface area contributed by atoms with Crippen LogP contribution in [0.4, 0.5) is 0 Å². The standard InChI is InChI=1S/C20H17N3O3S2/c1-13-4-2-5-14(10-13)23-19(25)18-16(7-9-27-18)22-20(23)28-12-17(24)21-11-15-6-3-8-26-15/h2-10H,11-12H2,1H3,(H,21,24). The van der Waals surface area contributed by atoms with Gasteiger partial charge in [0.25, 0.3) is 5.56 Å². The molecule has 4 rings (SSSR count). The fourth-order valence-corrected chi connectivity index (χ4v) is 4.37. The first-order valence-corrected chi connectivity index (χ1v) is 10.5. The molecule has 3 aromatic heterocycles. The third kappa shape index (κ3) is 3.88. The molecule has 28 heavy (non-hydrogen) atoms. The largest absolute Gasteiger partial charge is 0.467 e. The summed E-state index contributed by atoms with van der Waals surface area (Å²) in [6.45, 7) is 2.30.